The maximum atomic E-state index is 6.20. The molecule has 2 nitrogen and oxygen atoms in total. The van der Waals surface area contributed by atoms with Crippen LogP contribution >= 0.6 is 23.4 Å². The van der Waals surface area contributed by atoms with Gasteiger partial charge in [-0.1, -0.05) is 17.7 Å². The van der Waals surface area contributed by atoms with Crippen molar-refractivity contribution in [2.45, 2.75) is 13.0 Å². The molecular formula is C15H17ClN2S. The summed E-state index contributed by atoms with van der Waals surface area (Å²) in [5.41, 5.74) is 2.24. The number of nitrogens with one attached hydrogen (secondary N) is 1. The van der Waals surface area contributed by atoms with E-state index >= 15 is 0 Å². The lowest BCUT2D eigenvalue weighted by Gasteiger charge is -2.11. The number of fused-ring (bicyclic) bond motifs is 1. The normalized spacial score (nSPS) is 19.1. The Hall–Kier alpha value is -0.770. The van der Waals surface area contributed by atoms with Crippen LogP contribution in [-0.4, -0.2) is 23.0 Å². The van der Waals surface area contributed by atoms with Gasteiger partial charge in [0.25, 0.3) is 0 Å². The standard InChI is InChI=1S/C15H17ClN2S/c16-14-4-3-12(15-13(14)2-1-6-18-15)9-17-8-11-5-7-19-10-11/h1-4,6,11,17H,5,7-10H2. The van der Waals surface area contributed by atoms with Crippen LogP contribution < -0.4 is 5.32 Å². The van der Waals surface area contributed by atoms with Crippen LogP contribution in [0.1, 0.15) is 12.0 Å². The number of nitrogens with zero attached hydrogens (tertiary/aromatic N) is 1. The quantitative estimate of drug-likeness (QED) is 0.929. The molecule has 1 aliphatic heterocycles. The molecule has 1 aromatic carbocycles. The molecule has 1 unspecified atom stereocenters. The molecule has 0 amide bonds. The molecule has 1 saturated heterocycles. The molecule has 0 radical (unpaired) electrons. The van der Waals surface area contributed by atoms with Crippen LogP contribution in [0.2, 0.25) is 5.02 Å². The van der Waals surface area contributed by atoms with E-state index in [9.17, 15) is 0 Å². The number of pyridine rings is 1. The van der Waals surface area contributed by atoms with E-state index in [-0.39, 0.29) is 0 Å². The van der Waals surface area contributed by atoms with E-state index < -0.39 is 0 Å². The highest BCUT2D eigenvalue weighted by Crippen LogP contribution is 2.25. The van der Waals surface area contributed by atoms with E-state index in [4.69, 9.17) is 11.6 Å². The Labute approximate surface area is 122 Å². The maximum absolute atomic E-state index is 6.20. The van der Waals surface area contributed by atoms with Gasteiger partial charge in [0.05, 0.1) is 5.52 Å². The van der Waals surface area contributed by atoms with Crippen molar-refractivity contribution < 1.29 is 0 Å². The predicted molar refractivity (Wildman–Crippen MR) is 83.9 cm³/mol. The van der Waals surface area contributed by atoms with Crippen LogP contribution in [0.15, 0.2) is 30.5 Å². The van der Waals surface area contributed by atoms with E-state index in [1.807, 2.05) is 24.4 Å². The van der Waals surface area contributed by atoms with Gasteiger partial charge in [0, 0.05) is 23.2 Å². The number of hydrogen-bond donors (Lipinski definition) is 1. The minimum absolute atomic E-state index is 0.777. The van der Waals surface area contributed by atoms with Crippen LogP contribution in [0.25, 0.3) is 10.9 Å². The van der Waals surface area contributed by atoms with E-state index in [1.54, 1.807) is 0 Å². The van der Waals surface area contributed by atoms with Gasteiger partial charge in [0.15, 0.2) is 0 Å². The topological polar surface area (TPSA) is 24.9 Å². The molecule has 3 rings (SSSR count). The van der Waals surface area contributed by atoms with Gasteiger partial charge in [-0.25, -0.2) is 0 Å². The summed E-state index contributed by atoms with van der Waals surface area (Å²) in [6, 6.07) is 8.00. The number of thioether (sulfide) groups is 1. The van der Waals surface area contributed by atoms with Gasteiger partial charge < -0.3 is 5.32 Å². The van der Waals surface area contributed by atoms with Gasteiger partial charge in [-0.3, -0.25) is 4.98 Å². The zero-order valence-corrected chi connectivity index (χ0v) is 12.3. The van der Waals surface area contributed by atoms with Gasteiger partial charge in [0.2, 0.25) is 0 Å². The monoisotopic (exact) mass is 292 g/mol. The molecule has 1 aliphatic rings. The summed E-state index contributed by atoms with van der Waals surface area (Å²) in [5.74, 6) is 3.45. The molecule has 4 heteroatoms. The average Bonchev–Trinajstić information content (AvgIpc) is 2.95. The molecule has 2 heterocycles. The fraction of sp³-hybridized carbons (Fsp3) is 0.400. The summed E-state index contributed by atoms with van der Waals surface area (Å²) in [6.45, 7) is 1.97. The summed E-state index contributed by atoms with van der Waals surface area (Å²) in [5, 5.41) is 5.38. The Balaban J connectivity index is 1.72. The van der Waals surface area contributed by atoms with Crippen molar-refractivity contribution in [1.29, 1.82) is 0 Å². The zero-order valence-electron chi connectivity index (χ0n) is 10.7. The largest absolute Gasteiger partial charge is 0.312 e. The molecule has 1 atom stereocenters. The lowest BCUT2D eigenvalue weighted by molar-refractivity contribution is 0.524. The van der Waals surface area contributed by atoms with E-state index in [1.165, 1.54) is 23.5 Å². The van der Waals surface area contributed by atoms with Gasteiger partial charge in [-0.15, -0.1) is 0 Å². The van der Waals surface area contributed by atoms with E-state index in [0.29, 0.717) is 0 Å². The first-order valence-corrected chi connectivity index (χ1v) is 8.18. The highest BCUT2D eigenvalue weighted by atomic mass is 35.5. The van der Waals surface area contributed by atoms with Crippen LogP contribution in [0, 0.1) is 5.92 Å². The molecule has 0 aliphatic carbocycles. The third-order valence-corrected chi connectivity index (χ3v) is 5.13. The summed E-state index contributed by atoms with van der Waals surface area (Å²) >= 11 is 8.27. The predicted octanol–water partition coefficient (Wildman–Crippen LogP) is 3.73. The van der Waals surface area contributed by atoms with Crippen LogP contribution in [-0.2, 0) is 6.54 Å². The molecule has 100 valence electrons. The molecule has 1 fully saturated rings. The van der Waals surface area contributed by atoms with Gasteiger partial charge in [0.1, 0.15) is 0 Å². The second-order valence-corrected chi connectivity index (χ2v) is 6.52. The van der Waals surface area contributed by atoms with Crippen molar-refractivity contribution in [3.63, 3.8) is 0 Å². The molecule has 0 bridgehead atoms. The average molecular weight is 293 g/mol. The highest BCUT2D eigenvalue weighted by molar-refractivity contribution is 7.99. The van der Waals surface area contributed by atoms with Crippen molar-refractivity contribution >= 4 is 34.3 Å². The van der Waals surface area contributed by atoms with Crippen LogP contribution in [0.4, 0.5) is 0 Å². The number of rotatable bonds is 4. The van der Waals surface area contributed by atoms with Crippen molar-refractivity contribution in [3.8, 4) is 0 Å². The summed E-state index contributed by atoms with van der Waals surface area (Å²) in [6.07, 6.45) is 3.17. The minimum atomic E-state index is 0.777. The molecular weight excluding hydrogens is 276 g/mol. The van der Waals surface area contributed by atoms with Crippen molar-refractivity contribution in [2.75, 3.05) is 18.1 Å². The lowest BCUT2D eigenvalue weighted by Crippen LogP contribution is -2.22. The van der Waals surface area contributed by atoms with Gasteiger partial charge >= 0.3 is 0 Å². The molecule has 0 spiro atoms. The van der Waals surface area contributed by atoms with E-state index in [0.717, 1.165) is 34.9 Å². The lowest BCUT2D eigenvalue weighted by atomic mass is 10.1. The molecule has 2 aromatic rings. The van der Waals surface area contributed by atoms with Crippen LogP contribution in [0.5, 0.6) is 0 Å². The number of aromatic nitrogens is 1. The van der Waals surface area contributed by atoms with Gasteiger partial charge in [-0.2, -0.15) is 11.8 Å². The fourth-order valence-corrected chi connectivity index (χ4v) is 3.99. The Morgan fingerprint density at radius 3 is 3.16 bits per heavy atom. The number of benzene rings is 1. The number of halogens is 1. The third-order valence-electron chi connectivity index (χ3n) is 3.57. The first-order valence-electron chi connectivity index (χ1n) is 6.65. The Bertz CT molecular complexity index is 567. The van der Waals surface area contributed by atoms with Gasteiger partial charge in [-0.05, 0) is 54.2 Å². The fourth-order valence-electron chi connectivity index (χ4n) is 2.49. The molecule has 0 saturated carbocycles. The Kier molecular flexibility index (Phi) is 4.26. The Morgan fingerprint density at radius 1 is 1.37 bits per heavy atom. The molecule has 19 heavy (non-hydrogen) atoms. The first-order chi connectivity index (χ1) is 9.34. The summed E-state index contributed by atoms with van der Waals surface area (Å²) in [4.78, 5) is 4.46. The highest BCUT2D eigenvalue weighted by Gasteiger charge is 2.14. The summed E-state index contributed by atoms with van der Waals surface area (Å²) < 4.78 is 0. The summed E-state index contributed by atoms with van der Waals surface area (Å²) in [7, 11) is 0. The zero-order chi connectivity index (χ0) is 13.1. The SMILES string of the molecule is Clc1ccc(CNCC2CCSC2)c2ncccc12. The smallest absolute Gasteiger partial charge is 0.0761 e. The number of hydrogen-bond acceptors (Lipinski definition) is 3. The van der Waals surface area contributed by atoms with E-state index in [2.05, 4.69) is 28.1 Å². The van der Waals surface area contributed by atoms with Crippen molar-refractivity contribution in [2.24, 2.45) is 5.92 Å². The van der Waals surface area contributed by atoms with Crippen molar-refractivity contribution in [1.82, 2.24) is 10.3 Å². The first kappa shape index (κ1) is 13.2. The minimum Gasteiger partial charge on any atom is -0.312 e. The van der Waals surface area contributed by atoms with Crippen LogP contribution in [0.3, 0.4) is 0 Å². The second kappa shape index (κ2) is 6.12. The maximum Gasteiger partial charge on any atom is 0.0761 e. The third kappa shape index (κ3) is 3.04. The second-order valence-electron chi connectivity index (χ2n) is 4.97. The molecule has 1 N–H and O–H groups in total. The van der Waals surface area contributed by atoms with Crippen molar-refractivity contribution in [3.05, 3.63) is 41.0 Å². The molecule has 1 aromatic heterocycles. The Morgan fingerprint density at radius 2 is 2.32 bits per heavy atom.